The van der Waals surface area contributed by atoms with Crippen molar-refractivity contribution < 1.29 is 0 Å². The Morgan fingerprint density at radius 1 is 0.407 bits per heavy atom. The summed E-state index contributed by atoms with van der Waals surface area (Å²) < 4.78 is 2.42. The lowest BCUT2D eigenvalue weighted by Crippen LogP contribution is -2.14. The van der Waals surface area contributed by atoms with E-state index in [4.69, 9.17) is 9.97 Å². The van der Waals surface area contributed by atoms with Crippen LogP contribution in [0.4, 0.5) is 17.1 Å². The van der Waals surface area contributed by atoms with Gasteiger partial charge in [-0.15, -0.1) is 0 Å². The first-order chi connectivity index (χ1) is 29.3. The second-order valence-corrected chi connectivity index (χ2v) is 16.0. The van der Waals surface area contributed by atoms with Crippen LogP contribution >= 0.6 is 11.8 Å². The highest BCUT2D eigenvalue weighted by Gasteiger charge is 2.26. The minimum atomic E-state index is 0.711. The fraction of sp³-hybridized carbons (Fsp3) is 0. The predicted octanol–water partition coefficient (Wildman–Crippen LogP) is 14.8. The molecule has 0 radical (unpaired) electrons. The maximum atomic E-state index is 5.16. The second-order valence-electron chi connectivity index (χ2n) is 15.0. The van der Waals surface area contributed by atoms with Gasteiger partial charge in [0, 0.05) is 48.5 Å². The van der Waals surface area contributed by atoms with Crippen LogP contribution in [0.5, 0.6) is 0 Å². The van der Waals surface area contributed by atoms with Gasteiger partial charge >= 0.3 is 0 Å². The molecule has 1 aliphatic heterocycles. The van der Waals surface area contributed by atoms with Gasteiger partial charge in [0.1, 0.15) is 0 Å². The quantitative estimate of drug-likeness (QED) is 0.175. The van der Waals surface area contributed by atoms with Crippen molar-refractivity contribution in [2.75, 3.05) is 4.90 Å². The van der Waals surface area contributed by atoms with Crippen LogP contribution in [0.15, 0.2) is 216 Å². The van der Waals surface area contributed by atoms with Crippen molar-refractivity contribution in [3.8, 4) is 39.5 Å². The standard InChI is InChI=1S/C54H34N4S/c1-3-15-36(16-4-1)53-43-20-9-10-22-44(43)55-54(56-53)37-26-30-40(31-27-37)58-47-24-13-21-42(52(47)51-41-19-8-7-14-35(41)28-33-48(51)58)38-29-32-46-50(34-38)59-49-25-12-11-23-45(49)57(46)39-17-5-2-6-18-39/h1-34H. The van der Waals surface area contributed by atoms with E-state index in [1.54, 1.807) is 0 Å². The number of aromatic nitrogens is 3. The normalized spacial score (nSPS) is 12.3. The summed E-state index contributed by atoms with van der Waals surface area (Å²) in [5.74, 6) is 0.711. The molecule has 0 atom stereocenters. The minimum Gasteiger partial charge on any atom is -0.309 e. The summed E-state index contributed by atoms with van der Waals surface area (Å²) in [6.45, 7) is 0. The molecule has 0 fully saturated rings. The lowest BCUT2D eigenvalue weighted by atomic mass is 9.96. The summed E-state index contributed by atoms with van der Waals surface area (Å²) in [6.07, 6.45) is 0. The molecule has 9 aromatic carbocycles. The van der Waals surface area contributed by atoms with E-state index < -0.39 is 0 Å². The van der Waals surface area contributed by atoms with Crippen LogP contribution in [0.2, 0.25) is 0 Å². The zero-order valence-electron chi connectivity index (χ0n) is 31.8. The Balaban J connectivity index is 1.03. The highest BCUT2D eigenvalue weighted by Crippen LogP contribution is 2.53. The predicted molar refractivity (Wildman–Crippen MR) is 246 cm³/mol. The minimum absolute atomic E-state index is 0.711. The molecule has 12 rings (SSSR count). The van der Waals surface area contributed by atoms with E-state index in [0.717, 1.165) is 44.6 Å². The van der Waals surface area contributed by atoms with Crippen LogP contribution in [0.25, 0.3) is 82.9 Å². The zero-order chi connectivity index (χ0) is 38.9. The molecular formula is C54H34N4S. The summed E-state index contributed by atoms with van der Waals surface area (Å²) in [5, 5.41) is 6.01. The van der Waals surface area contributed by atoms with Crippen molar-refractivity contribution in [3.63, 3.8) is 0 Å². The van der Waals surface area contributed by atoms with Gasteiger partial charge in [-0.2, -0.15) is 0 Å². The third-order valence-corrected chi connectivity index (χ3v) is 12.7. The number of nitrogens with zero attached hydrogens (tertiary/aromatic N) is 4. The van der Waals surface area contributed by atoms with E-state index in [1.807, 2.05) is 23.9 Å². The van der Waals surface area contributed by atoms with E-state index >= 15 is 0 Å². The Hall–Kier alpha value is -7.47. The van der Waals surface area contributed by atoms with Gasteiger partial charge in [0.15, 0.2) is 5.82 Å². The number of benzene rings is 9. The number of hydrogen-bond acceptors (Lipinski definition) is 4. The molecule has 0 bridgehead atoms. The summed E-state index contributed by atoms with van der Waals surface area (Å²) in [4.78, 5) is 15.1. The number of para-hydroxylation sites is 3. The average Bonchev–Trinajstić information content (AvgIpc) is 3.66. The Morgan fingerprint density at radius 3 is 1.97 bits per heavy atom. The van der Waals surface area contributed by atoms with E-state index in [1.165, 1.54) is 59.4 Å². The molecule has 0 N–H and O–H groups in total. The number of hydrogen-bond donors (Lipinski definition) is 0. The Labute approximate surface area is 345 Å². The fourth-order valence-corrected chi connectivity index (χ4v) is 10.0. The van der Waals surface area contributed by atoms with E-state index in [-0.39, 0.29) is 0 Å². The third kappa shape index (κ3) is 5.47. The van der Waals surface area contributed by atoms with Crippen LogP contribution in [-0.4, -0.2) is 14.5 Å². The molecule has 2 aromatic heterocycles. The number of rotatable bonds is 5. The Bertz CT molecular complexity index is 3410. The van der Waals surface area contributed by atoms with E-state index in [9.17, 15) is 0 Å². The zero-order valence-corrected chi connectivity index (χ0v) is 32.6. The van der Waals surface area contributed by atoms with Gasteiger partial charge in [0.05, 0.1) is 33.6 Å². The van der Waals surface area contributed by atoms with Gasteiger partial charge in [-0.25, -0.2) is 9.97 Å². The maximum Gasteiger partial charge on any atom is 0.160 e. The van der Waals surface area contributed by atoms with Crippen LogP contribution in [0.1, 0.15) is 0 Å². The van der Waals surface area contributed by atoms with Crippen LogP contribution in [0, 0.1) is 0 Å². The molecule has 0 aliphatic carbocycles. The number of fused-ring (bicyclic) bond motifs is 8. The molecule has 0 spiro atoms. The van der Waals surface area contributed by atoms with Crippen molar-refractivity contribution in [1.29, 1.82) is 0 Å². The Kier molecular flexibility index (Phi) is 7.75. The van der Waals surface area contributed by atoms with Crippen molar-refractivity contribution in [1.82, 2.24) is 14.5 Å². The second kappa shape index (κ2) is 13.6. The van der Waals surface area contributed by atoms with Crippen LogP contribution < -0.4 is 4.90 Å². The lowest BCUT2D eigenvalue weighted by molar-refractivity contribution is 1.17. The van der Waals surface area contributed by atoms with Gasteiger partial charge in [0.2, 0.25) is 0 Å². The SMILES string of the molecule is c1ccc(-c2nc(-c3ccc(-n4c5cccc(-c6ccc7c(c6)Sc6ccccc6N7c6ccccc6)c5c5c6ccccc6ccc54)cc3)nc3ccccc23)cc1. The first-order valence-corrected chi connectivity index (χ1v) is 20.7. The van der Waals surface area contributed by atoms with Gasteiger partial charge in [0.25, 0.3) is 0 Å². The van der Waals surface area contributed by atoms with E-state index in [2.05, 4.69) is 204 Å². The molecular weight excluding hydrogens is 737 g/mol. The molecule has 0 saturated heterocycles. The maximum absolute atomic E-state index is 5.16. The average molecular weight is 771 g/mol. The van der Waals surface area contributed by atoms with Crippen LogP contribution in [-0.2, 0) is 0 Å². The first kappa shape index (κ1) is 33.6. The summed E-state index contributed by atoms with van der Waals surface area (Å²) in [6, 6.07) is 73.8. The van der Waals surface area contributed by atoms with Gasteiger partial charge in [-0.1, -0.05) is 139 Å². The molecule has 0 amide bonds. The summed E-state index contributed by atoms with van der Waals surface area (Å²) in [7, 11) is 0. The molecule has 5 heteroatoms. The van der Waals surface area contributed by atoms with Gasteiger partial charge < -0.3 is 9.47 Å². The molecule has 3 heterocycles. The summed E-state index contributed by atoms with van der Waals surface area (Å²) in [5.41, 5.74) is 13.3. The summed E-state index contributed by atoms with van der Waals surface area (Å²) >= 11 is 1.85. The number of anilines is 3. The van der Waals surface area contributed by atoms with Crippen LogP contribution in [0.3, 0.4) is 0 Å². The molecule has 4 nitrogen and oxygen atoms in total. The lowest BCUT2D eigenvalue weighted by Gasteiger charge is -2.33. The molecule has 0 saturated carbocycles. The molecule has 59 heavy (non-hydrogen) atoms. The van der Waals surface area contributed by atoms with Crippen molar-refractivity contribution >= 4 is 72.3 Å². The molecule has 0 unspecified atom stereocenters. The highest BCUT2D eigenvalue weighted by atomic mass is 32.2. The largest absolute Gasteiger partial charge is 0.309 e. The highest BCUT2D eigenvalue weighted by molar-refractivity contribution is 7.99. The first-order valence-electron chi connectivity index (χ1n) is 19.9. The smallest absolute Gasteiger partial charge is 0.160 e. The molecule has 11 aromatic rings. The molecule has 276 valence electrons. The Morgan fingerprint density at radius 2 is 1.10 bits per heavy atom. The van der Waals surface area contributed by atoms with E-state index in [0.29, 0.717) is 5.82 Å². The van der Waals surface area contributed by atoms with Crippen molar-refractivity contribution in [3.05, 3.63) is 206 Å². The molecule has 1 aliphatic rings. The fourth-order valence-electron chi connectivity index (χ4n) is 8.91. The monoisotopic (exact) mass is 770 g/mol. The topological polar surface area (TPSA) is 34.0 Å². The van der Waals surface area contributed by atoms with Crippen molar-refractivity contribution in [2.45, 2.75) is 9.79 Å². The van der Waals surface area contributed by atoms with Crippen molar-refractivity contribution in [2.24, 2.45) is 0 Å². The van der Waals surface area contributed by atoms with Gasteiger partial charge in [-0.3, -0.25) is 0 Å². The van der Waals surface area contributed by atoms with Gasteiger partial charge in [-0.05, 0) is 101 Å². The third-order valence-electron chi connectivity index (χ3n) is 11.6.